The van der Waals surface area contributed by atoms with Gasteiger partial charge in [0.25, 0.3) is 0 Å². The summed E-state index contributed by atoms with van der Waals surface area (Å²) in [6, 6.07) is 0. The van der Waals surface area contributed by atoms with E-state index in [9.17, 15) is 4.79 Å². The average Bonchev–Trinajstić information content (AvgIpc) is 2.74. The van der Waals surface area contributed by atoms with Crippen molar-refractivity contribution in [2.75, 3.05) is 6.61 Å². The highest BCUT2D eigenvalue weighted by Crippen LogP contribution is 2.11. The maximum Gasteiger partial charge on any atom is 0.360 e. The highest BCUT2D eigenvalue weighted by atomic mass is 16.5. The molecule has 0 bridgehead atoms. The Morgan fingerprint density at radius 1 is 1.22 bits per heavy atom. The van der Waals surface area contributed by atoms with Crippen LogP contribution in [-0.2, 0) is 17.7 Å². The molecule has 0 saturated carbocycles. The second-order valence-corrected chi connectivity index (χ2v) is 4.29. The molecule has 0 unspecified atom stereocenters. The van der Waals surface area contributed by atoms with Gasteiger partial charge in [-0.15, -0.1) is 5.10 Å². The third-order valence-corrected chi connectivity index (χ3v) is 2.77. The van der Waals surface area contributed by atoms with Gasteiger partial charge in [-0.25, -0.2) is 9.48 Å². The van der Waals surface area contributed by atoms with Gasteiger partial charge in [-0.2, -0.15) is 0 Å². The summed E-state index contributed by atoms with van der Waals surface area (Å²) in [7, 11) is 0. The van der Waals surface area contributed by atoms with Crippen LogP contribution in [0.1, 0.15) is 62.6 Å². The first kappa shape index (κ1) is 14.7. The van der Waals surface area contributed by atoms with E-state index in [2.05, 4.69) is 24.2 Å². The lowest BCUT2D eigenvalue weighted by molar-refractivity contribution is 0.0518. The van der Waals surface area contributed by atoms with Crippen LogP contribution in [0.15, 0.2) is 0 Å². The number of hydrogen-bond acceptors (Lipinski definition) is 4. The van der Waals surface area contributed by atoms with E-state index in [0.29, 0.717) is 12.3 Å². The smallest absolute Gasteiger partial charge is 0.360 e. The number of aryl methyl sites for hydroxylation is 1. The normalized spacial score (nSPS) is 10.6. The number of hydrogen-bond donors (Lipinski definition) is 0. The summed E-state index contributed by atoms with van der Waals surface area (Å²) < 4.78 is 6.85. The molecule has 0 atom stereocenters. The summed E-state index contributed by atoms with van der Waals surface area (Å²) in [6.45, 7) is 7.24. The van der Waals surface area contributed by atoms with Crippen LogP contribution in [0.25, 0.3) is 0 Å². The molecule has 0 amide bonds. The second kappa shape index (κ2) is 7.84. The topological polar surface area (TPSA) is 57.0 Å². The van der Waals surface area contributed by atoms with Crippen molar-refractivity contribution >= 4 is 5.97 Å². The molecule has 1 heterocycles. The van der Waals surface area contributed by atoms with Gasteiger partial charge in [0, 0.05) is 6.54 Å². The van der Waals surface area contributed by atoms with Crippen LogP contribution < -0.4 is 0 Å². The molecular weight excluding hydrogens is 230 g/mol. The number of ether oxygens (including phenoxy) is 1. The third-order valence-electron chi connectivity index (χ3n) is 2.77. The standard InChI is InChI=1S/C13H23N3O2/c1-4-7-8-10-16-11(9-5-2)12(14-15-16)13(17)18-6-3/h4-10H2,1-3H3. The Bertz CT molecular complexity index is 374. The lowest BCUT2D eigenvalue weighted by atomic mass is 10.2. The van der Waals surface area contributed by atoms with E-state index in [4.69, 9.17) is 4.74 Å². The van der Waals surface area contributed by atoms with Crippen LogP contribution in [-0.4, -0.2) is 27.6 Å². The molecule has 5 nitrogen and oxygen atoms in total. The fraction of sp³-hybridized carbons (Fsp3) is 0.769. The second-order valence-electron chi connectivity index (χ2n) is 4.29. The summed E-state index contributed by atoms with van der Waals surface area (Å²) in [4.78, 5) is 11.7. The van der Waals surface area contributed by atoms with Crippen LogP contribution in [0.3, 0.4) is 0 Å². The molecule has 0 aliphatic rings. The fourth-order valence-corrected chi connectivity index (χ4v) is 1.87. The van der Waals surface area contributed by atoms with Gasteiger partial charge in [0.1, 0.15) is 0 Å². The summed E-state index contributed by atoms with van der Waals surface area (Å²) in [6.07, 6.45) is 5.18. The number of nitrogens with zero attached hydrogens (tertiary/aromatic N) is 3. The largest absolute Gasteiger partial charge is 0.461 e. The number of aromatic nitrogens is 3. The van der Waals surface area contributed by atoms with Crippen LogP contribution in [0.5, 0.6) is 0 Å². The molecule has 1 aromatic rings. The van der Waals surface area contributed by atoms with Gasteiger partial charge in [-0.3, -0.25) is 0 Å². The summed E-state index contributed by atoms with van der Waals surface area (Å²) in [5.74, 6) is -0.359. The van der Waals surface area contributed by atoms with Crippen molar-refractivity contribution in [1.82, 2.24) is 15.0 Å². The molecule has 18 heavy (non-hydrogen) atoms. The molecule has 0 aliphatic heterocycles. The number of carbonyl (C=O) groups is 1. The van der Waals surface area contributed by atoms with Crippen molar-refractivity contribution in [2.45, 2.75) is 59.4 Å². The number of carbonyl (C=O) groups excluding carboxylic acids is 1. The fourth-order valence-electron chi connectivity index (χ4n) is 1.87. The predicted molar refractivity (Wildman–Crippen MR) is 69.5 cm³/mol. The van der Waals surface area contributed by atoms with Crippen LogP contribution in [0.4, 0.5) is 0 Å². The summed E-state index contributed by atoms with van der Waals surface area (Å²) in [5.41, 5.74) is 1.29. The molecule has 0 N–H and O–H groups in total. The van der Waals surface area contributed by atoms with Crippen LogP contribution in [0, 0.1) is 0 Å². The molecule has 0 aromatic carbocycles. The van der Waals surface area contributed by atoms with E-state index in [0.717, 1.165) is 31.5 Å². The van der Waals surface area contributed by atoms with Gasteiger partial charge >= 0.3 is 5.97 Å². The van der Waals surface area contributed by atoms with E-state index in [1.165, 1.54) is 12.8 Å². The maximum atomic E-state index is 11.7. The van der Waals surface area contributed by atoms with Gasteiger partial charge in [-0.05, 0) is 19.8 Å². The SMILES string of the molecule is CCCCCn1nnc(C(=O)OCC)c1CCC. The predicted octanol–water partition coefficient (Wildman–Crippen LogP) is 2.60. The molecule has 0 aliphatic carbocycles. The molecule has 0 radical (unpaired) electrons. The molecule has 0 spiro atoms. The van der Waals surface area contributed by atoms with E-state index in [1.54, 1.807) is 6.92 Å². The molecule has 5 heteroatoms. The first-order valence-corrected chi connectivity index (χ1v) is 6.84. The molecule has 1 aromatic heterocycles. The zero-order chi connectivity index (χ0) is 13.4. The first-order chi connectivity index (χ1) is 8.74. The van der Waals surface area contributed by atoms with Crippen molar-refractivity contribution in [2.24, 2.45) is 0 Å². The Labute approximate surface area is 109 Å². The minimum atomic E-state index is -0.359. The van der Waals surface area contributed by atoms with Crippen molar-refractivity contribution in [3.8, 4) is 0 Å². The molecule has 1 rings (SSSR count). The summed E-state index contributed by atoms with van der Waals surface area (Å²) in [5, 5.41) is 8.05. The zero-order valence-corrected chi connectivity index (χ0v) is 11.6. The van der Waals surface area contributed by atoms with Crippen molar-refractivity contribution < 1.29 is 9.53 Å². The quantitative estimate of drug-likeness (QED) is 0.528. The minimum Gasteiger partial charge on any atom is -0.461 e. The number of esters is 1. The Kier molecular flexibility index (Phi) is 6.39. The monoisotopic (exact) mass is 253 g/mol. The van der Waals surface area contributed by atoms with Crippen LogP contribution >= 0.6 is 0 Å². The van der Waals surface area contributed by atoms with Crippen LogP contribution in [0.2, 0.25) is 0 Å². The Morgan fingerprint density at radius 2 is 2.00 bits per heavy atom. The van der Waals surface area contributed by atoms with Gasteiger partial charge in [0.2, 0.25) is 0 Å². The Hall–Kier alpha value is -1.39. The maximum absolute atomic E-state index is 11.7. The van der Waals surface area contributed by atoms with E-state index in [-0.39, 0.29) is 5.97 Å². The highest BCUT2D eigenvalue weighted by molar-refractivity contribution is 5.88. The van der Waals surface area contributed by atoms with Gasteiger partial charge in [-0.1, -0.05) is 38.3 Å². The van der Waals surface area contributed by atoms with E-state index in [1.807, 2.05) is 4.68 Å². The summed E-state index contributed by atoms with van der Waals surface area (Å²) >= 11 is 0. The van der Waals surface area contributed by atoms with Crippen molar-refractivity contribution in [3.05, 3.63) is 11.4 Å². The van der Waals surface area contributed by atoms with Crippen molar-refractivity contribution in [3.63, 3.8) is 0 Å². The average molecular weight is 253 g/mol. The lowest BCUT2D eigenvalue weighted by Crippen LogP contribution is -2.11. The zero-order valence-electron chi connectivity index (χ0n) is 11.6. The highest BCUT2D eigenvalue weighted by Gasteiger charge is 2.19. The number of rotatable bonds is 8. The Balaban J connectivity index is 2.81. The van der Waals surface area contributed by atoms with Gasteiger partial charge < -0.3 is 4.74 Å². The van der Waals surface area contributed by atoms with E-state index >= 15 is 0 Å². The van der Waals surface area contributed by atoms with E-state index < -0.39 is 0 Å². The van der Waals surface area contributed by atoms with Gasteiger partial charge in [0.15, 0.2) is 5.69 Å². The number of unbranched alkanes of at least 4 members (excludes halogenated alkanes) is 2. The Morgan fingerprint density at radius 3 is 2.61 bits per heavy atom. The van der Waals surface area contributed by atoms with Gasteiger partial charge in [0.05, 0.1) is 12.3 Å². The molecule has 0 fully saturated rings. The molecular formula is C13H23N3O2. The molecule has 102 valence electrons. The minimum absolute atomic E-state index is 0.359. The third kappa shape index (κ3) is 3.82. The lowest BCUT2D eigenvalue weighted by Gasteiger charge is -2.06. The first-order valence-electron chi connectivity index (χ1n) is 6.84. The van der Waals surface area contributed by atoms with Crippen molar-refractivity contribution in [1.29, 1.82) is 0 Å². The molecule has 0 saturated heterocycles.